The van der Waals surface area contributed by atoms with Gasteiger partial charge in [-0.1, -0.05) is 13.8 Å². The molecule has 0 aliphatic heterocycles. The fourth-order valence-corrected chi connectivity index (χ4v) is 3.42. The Morgan fingerprint density at radius 1 is 1.19 bits per heavy atom. The van der Waals surface area contributed by atoms with Crippen LogP contribution in [0.25, 0.3) is 0 Å². The van der Waals surface area contributed by atoms with Gasteiger partial charge in [0.1, 0.15) is 11.6 Å². The first-order valence-corrected chi connectivity index (χ1v) is 8.04. The molecule has 1 fully saturated rings. The summed E-state index contributed by atoms with van der Waals surface area (Å²) in [7, 11) is 1.89. The molecule has 1 aromatic rings. The molecular formula is C18H28FNO. The number of ether oxygens (including phenoxy) is 1. The fourth-order valence-electron chi connectivity index (χ4n) is 3.42. The molecule has 2 nitrogen and oxygen atoms in total. The highest BCUT2D eigenvalue weighted by molar-refractivity contribution is 5.40. The first kappa shape index (κ1) is 16.3. The third-order valence-electron chi connectivity index (χ3n) is 4.62. The third-order valence-corrected chi connectivity index (χ3v) is 4.62. The molecule has 0 spiro atoms. The number of hydrogen-bond donors (Lipinski definition) is 1. The maximum Gasteiger partial charge on any atom is 0.126 e. The predicted octanol–water partition coefficient (Wildman–Crippen LogP) is 4.62. The van der Waals surface area contributed by atoms with E-state index in [1.165, 1.54) is 6.42 Å². The normalized spacial score (nSPS) is 27.4. The number of benzene rings is 1. The summed E-state index contributed by atoms with van der Waals surface area (Å²) in [5, 5.41) is 3.18. The van der Waals surface area contributed by atoms with E-state index in [-0.39, 0.29) is 18.0 Å². The van der Waals surface area contributed by atoms with E-state index < -0.39 is 0 Å². The van der Waals surface area contributed by atoms with Gasteiger partial charge in [-0.15, -0.1) is 0 Å². The zero-order valence-electron chi connectivity index (χ0n) is 13.9. The van der Waals surface area contributed by atoms with Crippen molar-refractivity contribution >= 4 is 0 Å². The van der Waals surface area contributed by atoms with Crippen LogP contribution in [0, 0.1) is 24.6 Å². The van der Waals surface area contributed by atoms with Gasteiger partial charge in [-0.05, 0) is 69.7 Å². The number of aryl methyl sites for hydroxylation is 1. The quantitative estimate of drug-likeness (QED) is 0.874. The molecule has 0 aromatic heterocycles. The van der Waals surface area contributed by atoms with Crippen molar-refractivity contribution in [3.63, 3.8) is 0 Å². The van der Waals surface area contributed by atoms with Gasteiger partial charge < -0.3 is 10.1 Å². The minimum atomic E-state index is -0.162. The topological polar surface area (TPSA) is 21.3 Å². The molecule has 1 aliphatic carbocycles. The molecule has 1 aromatic carbocycles. The van der Waals surface area contributed by atoms with Crippen LogP contribution in [0.15, 0.2) is 12.1 Å². The summed E-state index contributed by atoms with van der Waals surface area (Å²) in [6.07, 6.45) is 3.71. The lowest BCUT2D eigenvalue weighted by molar-refractivity contribution is 0.0994. The molecule has 21 heavy (non-hydrogen) atoms. The van der Waals surface area contributed by atoms with Crippen LogP contribution in [-0.4, -0.2) is 13.2 Å². The lowest BCUT2D eigenvalue weighted by Gasteiger charge is -2.32. The Balaban J connectivity index is 2.23. The lowest BCUT2D eigenvalue weighted by Crippen LogP contribution is -2.29. The van der Waals surface area contributed by atoms with E-state index in [0.29, 0.717) is 17.4 Å². The smallest absolute Gasteiger partial charge is 0.126 e. The van der Waals surface area contributed by atoms with Gasteiger partial charge in [0, 0.05) is 11.6 Å². The molecule has 2 rings (SSSR count). The summed E-state index contributed by atoms with van der Waals surface area (Å²) in [6, 6.07) is 3.54. The molecule has 3 atom stereocenters. The monoisotopic (exact) mass is 293 g/mol. The molecule has 1 saturated carbocycles. The van der Waals surface area contributed by atoms with E-state index in [4.69, 9.17) is 4.74 Å². The van der Waals surface area contributed by atoms with Crippen LogP contribution in [0.3, 0.4) is 0 Å². The third kappa shape index (κ3) is 3.97. The van der Waals surface area contributed by atoms with Crippen molar-refractivity contribution in [3.8, 4) is 5.75 Å². The van der Waals surface area contributed by atoms with Gasteiger partial charge in [0.2, 0.25) is 0 Å². The molecule has 0 amide bonds. The van der Waals surface area contributed by atoms with E-state index >= 15 is 0 Å². The highest BCUT2D eigenvalue weighted by Gasteiger charge is 2.26. The molecule has 0 heterocycles. The second-order valence-corrected chi connectivity index (χ2v) is 6.81. The van der Waals surface area contributed by atoms with Crippen LogP contribution in [0.5, 0.6) is 5.75 Å². The Hall–Kier alpha value is -1.09. The standard InChI is InChI=1S/C18H28FNO/c1-11-6-12(2)8-15(7-11)21-18-9-13(3)17(19)10-16(18)14(4)20-5/h9-12,14-15,20H,6-8H2,1-5H3. The Bertz CT molecular complexity index is 478. The van der Waals surface area contributed by atoms with Crippen molar-refractivity contribution in [2.24, 2.45) is 11.8 Å². The lowest BCUT2D eigenvalue weighted by atomic mass is 9.82. The maximum atomic E-state index is 13.9. The maximum absolute atomic E-state index is 13.9. The van der Waals surface area contributed by atoms with E-state index in [1.807, 2.05) is 20.0 Å². The van der Waals surface area contributed by atoms with E-state index in [0.717, 1.165) is 24.2 Å². The molecule has 3 unspecified atom stereocenters. The van der Waals surface area contributed by atoms with Gasteiger partial charge in [0.05, 0.1) is 6.10 Å². The van der Waals surface area contributed by atoms with Crippen LogP contribution >= 0.6 is 0 Å². The highest BCUT2D eigenvalue weighted by atomic mass is 19.1. The highest BCUT2D eigenvalue weighted by Crippen LogP contribution is 2.34. The SMILES string of the molecule is CNC(C)c1cc(F)c(C)cc1OC1CC(C)CC(C)C1. The zero-order valence-corrected chi connectivity index (χ0v) is 13.9. The summed E-state index contributed by atoms with van der Waals surface area (Å²) >= 11 is 0. The minimum absolute atomic E-state index is 0.0773. The molecule has 1 N–H and O–H groups in total. The Morgan fingerprint density at radius 3 is 2.38 bits per heavy atom. The molecule has 1 aliphatic rings. The second-order valence-electron chi connectivity index (χ2n) is 6.81. The van der Waals surface area contributed by atoms with Gasteiger partial charge in [-0.2, -0.15) is 0 Å². The Morgan fingerprint density at radius 2 is 1.81 bits per heavy atom. The van der Waals surface area contributed by atoms with Crippen molar-refractivity contribution < 1.29 is 9.13 Å². The molecule has 0 saturated heterocycles. The average Bonchev–Trinajstić information content (AvgIpc) is 2.40. The summed E-state index contributed by atoms with van der Waals surface area (Å²) in [4.78, 5) is 0. The van der Waals surface area contributed by atoms with Crippen LogP contribution < -0.4 is 10.1 Å². The molecular weight excluding hydrogens is 265 g/mol. The number of hydrogen-bond acceptors (Lipinski definition) is 2. The summed E-state index contributed by atoms with van der Waals surface area (Å²) < 4.78 is 20.2. The van der Waals surface area contributed by atoms with Crippen molar-refractivity contribution in [1.29, 1.82) is 0 Å². The van der Waals surface area contributed by atoms with E-state index in [9.17, 15) is 4.39 Å². The molecule has 0 radical (unpaired) electrons. The molecule has 118 valence electrons. The Labute approximate surface area is 128 Å². The van der Waals surface area contributed by atoms with Crippen LogP contribution in [0.4, 0.5) is 4.39 Å². The van der Waals surface area contributed by atoms with Gasteiger partial charge in [-0.3, -0.25) is 0 Å². The fraction of sp³-hybridized carbons (Fsp3) is 0.667. The van der Waals surface area contributed by atoms with Crippen LogP contribution in [0.2, 0.25) is 0 Å². The Kier molecular flexibility index (Phi) is 5.26. The summed E-state index contributed by atoms with van der Waals surface area (Å²) in [5.41, 5.74) is 1.56. The van der Waals surface area contributed by atoms with Crippen LogP contribution in [-0.2, 0) is 0 Å². The van der Waals surface area contributed by atoms with Gasteiger partial charge in [-0.25, -0.2) is 4.39 Å². The number of rotatable bonds is 4. The van der Waals surface area contributed by atoms with E-state index in [1.54, 1.807) is 13.0 Å². The number of halogens is 1. The van der Waals surface area contributed by atoms with Crippen molar-refractivity contribution in [2.45, 2.75) is 59.1 Å². The summed E-state index contributed by atoms with van der Waals surface area (Å²) in [6.45, 7) is 8.41. The minimum Gasteiger partial charge on any atom is -0.490 e. The van der Waals surface area contributed by atoms with Gasteiger partial charge in [0.25, 0.3) is 0 Å². The summed E-state index contributed by atoms with van der Waals surface area (Å²) in [5.74, 6) is 2.07. The van der Waals surface area contributed by atoms with Crippen molar-refractivity contribution in [3.05, 3.63) is 29.1 Å². The molecule has 0 bridgehead atoms. The average molecular weight is 293 g/mol. The molecule has 3 heteroatoms. The largest absolute Gasteiger partial charge is 0.490 e. The first-order chi connectivity index (χ1) is 9.90. The number of nitrogens with one attached hydrogen (secondary N) is 1. The van der Waals surface area contributed by atoms with E-state index in [2.05, 4.69) is 19.2 Å². The second kappa shape index (κ2) is 6.78. The van der Waals surface area contributed by atoms with Gasteiger partial charge >= 0.3 is 0 Å². The van der Waals surface area contributed by atoms with Crippen molar-refractivity contribution in [2.75, 3.05) is 7.05 Å². The first-order valence-electron chi connectivity index (χ1n) is 8.04. The van der Waals surface area contributed by atoms with Gasteiger partial charge in [0.15, 0.2) is 0 Å². The van der Waals surface area contributed by atoms with Crippen LogP contribution in [0.1, 0.15) is 57.2 Å². The van der Waals surface area contributed by atoms with Crippen molar-refractivity contribution in [1.82, 2.24) is 5.32 Å². The predicted molar refractivity (Wildman–Crippen MR) is 85.2 cm³/mol. The zero-order chi connectivity index (χ0) is 15.6.